The Hall–Kier alpha value is -2.11. The fourth-order valence-corrected chi connectivity index (χ4v) is 2.89. The van der Waals surface area contributed by atoms with Crippen molar-refractivity contribution in [1.82, 2.24) is 0 Å². The van der Waals surface area contributed by atoms with Crippen molar-refractivity contribution >= 4 is 17.5 Å². The molecule has 2 rings (SSSR count). The van der Waals surface area contributed by atoms with Crippen LogP contribution in [0.2, 0.25) is 0 Å². The SMILES string of the molecule is CCCC1=C(OC)C(=O)C2OC(C(=O)OCC)=C(C)C2C1=O. The number of allylic oxidation sites excluding steroid dienone is 1. The fourth-order valence-electron chi connectivity index (χ4n) is 2.89. The van der Waals surface area contributed by atoms with Crippen LogP contribution in [0.25, 0.3) is 0 Å². The predicted molar refractivity (Wildman–Crippen MR) is 76.7 cm³/mol. The van der Waals surface area contributed by atoms with Crippen molar-refractivity contribution in [3.05, 3.63) is 22.7 Å². The van der Waals surface area contributed by atoms with E-state index in [4.69, 9.17) is 14.2 Å². The zero-order valence-electron chi connectivity index (χ0n) is 13.2. The summed E-state index contributed by atoms with van der Waals surface area (Å²) in [7, 11) is 1.36. The maximum absolute atomic E-state index is 12.7. The van der Waals surface area contributed by atoms with Gasteiger partial charge >= 0.3 is 5.97 Å². The Bertz CT molecular complexity index is 583. The first-order chi connectivity index (χ1) is 10.5. The van der Waals surface area contributed by atoms with E-state index in [1.54, 1.807) is 13.8 Å². The second-order valence-corrected chi connectivity index (χ2v) is 5.24. The van der Waals surface area contributed by atoms with Gasteiger partial charge in [0, 0.05) is 5.57 Å². The number of Topliss-reactive ketones (excluding diaryl/α,β-unsaturated/α-hetero) is 2. The summed E-state index contributed by atoms with van der Waals surface area (Å²) in [6.07, 6.45) is 0.147. The van der Waals surface area contributed by atoms with Crippen LogP contribution in [-0.4, -0.2) is 37.4 Å². The normalized spacial score (nSPS) is 24.4. The van der Waals surface area contributed by atoms with Gasteiger partial charge in [0.1, 0.15) is 0 Å². The summed E-state index contributed by atoms with van der Waals surface area (Å²) in [5, 5.41) is 0. The first kappa shape index (κ1) is 16.3. The van der Waals surface area contributed by atoms with Crippen LogP contribution in [0.1, 0.15) is 33.6 Å². The zero-order valence-corrected chi connectivity index (χ0v) is 13.2. The number of hydrogen-bond donors (Lipinski definition) is 0. The van der Waals surface area contributed by atoms with Gasteiger partial charge in [0.15, 0.2) is 17.6 Å². The van der Waals surface area contributed by atoms with E-state index in [0.29, 0.717) is 24.0 Å². The molecular formula is C16H20O6. The lowest BCUT2D eigenvalue weighted by Gasteiger charge is -2.26. The van der Waals surface area contributed by atoms with Crippen LogP contribution >= 0.6 is 0 Å². The maximum atomic E-state index is 12.7. The van der Waals surface area contributed by atoms with Crippen molar-refractivity contribution in [2.24, 2.45) is 5.92 Å². The third kappa shape index (κ3) is 2.42. The first-order valence-corrected chi connectivity index (χ1v) is 7.37. The molecule has 6 heteroatoms. The summed E-state index contributed by atoms with van der Waals surface area (Å²) >= 11 is 0. The van der Waals surface area contributed by atoms with Gasteiger partial charge < -0.3 is 14.2 Å². The number of carbonyl (C=O) groups excluding carboxylic acids is 3. The van der Waals surface area contributed by atoms with E-state index < -0.39 is 23.8 Å². The van der Waals surface area contributed by atoms with Gasteiger partial charge in [-0.05, 0) is 25.8 Å². The molecule has 0 N–H and O–H groups in total. The number of ether oxygens (including phenoxy) is 3. The average Bonchev–Trinajstić information content (AvgIpc) is 2.83. The molecule has 22 heavy (non-hydrogen) atoms. The summed E-state index contributed by atoms with van der Waals surface area (Å²) in [6, 6.07) is 0. The van der Waals surface area contributed by atoms with Crippen molar-refractivity contribution < 1.29 is 28.6 Å². The highest BCUT2D eigenvalue weighted by atomic mass is 16.6. The van der Waals surface area contributed by atoms with Crippen molar-refractivity contribution in [2.75, 3.05) is 13.7 Å². The van der Waals surface area contributed by atoms with Crippen LogP contribution in [-0.2, 0) is 28.6 Å². The second-order valence-electron chi connectivity index (χ2n) is 5.24. The Kier molecular flexibility index (Phi) is 4.68. The zero-order chi connectivity index (χ0) is 16.4. The standard InChI is InChI=1S/C16H20O6/c1-5-7-9-11(17)10-8(3)13(16(19)21-6-2)22-15(10)12(18)14(9)20-4/h10,15H,5-7H2,1-4H3. The molecule has 0 bridgehead atoms. The first-order valence-electron chi connectivity index (χ1n) is 7.37. The van der Waals surface area contributed by atoms with Gasteiger partial charge in [-0.2, -0.15) is 0 Å². The summed E-state index contributed by atoms with van der Waals surface area (Å²) in [5.74, 6) is -1.99. The number of rotatable bonds is 5. The molecule has 0 aromatic heterocycles. The predicted octanol–water partition coefficient (Wildman–Crippen LogP) is 1.69. The van der Waals surface area contributed by atoms with Gasteiger partial charge in [0.25, 0.3) is 0 Å². The molecule has 120 valence electrons. The van der Waals surface area contributed by atoms with E-state index >= 15 is 0 Å². The molecule has 1 aliphatic carbocycles. The molecule has 2 unspecified atom stereocenters. The number of fused-ring (bicyclic) bond motifs is 1. The highest BCUT2D eigenvalue weighted by Crippen LogP contribution is 2.40. The van der Waals surface area contributed by atoms with Gasteiger partial charge in [-0.25, -0.2) is 4.79 Å². The molecule has 2 aliphatic rings. The molecule has 2 atom stereocenters. The Labute approximate surface area is 129 Å². The highest BCUT2D eigenvalue weighted by molar-refractivity contribution is 6.16. The van der Waals surface area contributed by atoms with Crippen LogP contribution in [0, 0.1) is 5.92 Å². The van der Waals surface area contributed by atoms with Crippen LogP contribution < -0.4 is 0 Å². The molecule has 0 saturated heterocycles. The lowest BCUT2D eigenvalue weighted by molar-refractivity contribution is -0.145. The summed E-state index contributed by atoms with van der Waals surface area (Å²) in [5.41, 5.74) is 0.829. The molecule has 0 radical (unpaired) electrons. The van der Waals surface area contributed by atoms with Gasteiger partial charge in [-0.15, -0.1) is 0 Å². The Morgan fingerprint density at radius 1 is 1.23 bits per heavy atom. The molecule has 1 aliphatic heterocycles. The number of esters is 1. The highest BCUT2D eigenvalue weighted by Gasteiger charge is 2.51. The summed E-state index contributed by atoms with van der Waals surface area (Å²) in [4.78, 5) is 37.1. The molecule has 6 nitrogen and oxygen atoms in total. The molecule has 0 aromatic carbocycles. The van der Waals surface area contributed by atoms with Crippen LogP contribution in [0.5, 0.6) is 0 Å². The van der Waals surface area contributed by atoms with Crippen LogP contribution in [0.3, 0.4) is 0 Å². The summed E-state index contributed by atoms with van der Waals surface area (Å²) in [6.45, 7) is 5.42. The van der Waals surface area contributed by atoms with Gasteiger partial charge in [0.05, 0.1) is 19.6 Å². The summed E-state index contributed by atoms with van der Waals surface area (Å²) < 4.78 is 15.5. The number of carbonyl (C=O) groups is 3. The minimum atomic E-state index is -1.03. The minimum Gasteiger partial charge on any atom is -0.492 e. The Morgan fingerprint density at radius 2 is 1.91 bits per heavy atom. The molecule has 1 heterocycles. The molecule has 0 spiro atoms. The lowest BCUT2D eigenvalue weighted by atomic mass is 9.79. The average molecular weight is 308 g/mol. The topological polar surface area (TPSA) is 78.9 Å². The third-order valence-electron chi connectivity index (χ3n) is 3.87. The lowest BCUT2D eigenvalue weighted by Crippen LogP contribution is -2.41. The van der Waals surface area contributed by atoms with E-state index in [9.17, 15) is 14.4 Å². The third-order valence-corrected chi connectivity index (χ3v) is 3.87. The van der Waals surface area contributed by atoms with Crippen LogP contribution in [0.4, 0.5) is 0 Å². The number of ketones is 2. The van der Waals surface area contributed by atoms with E-state index in [-0.39, 0.29) is 23.9 Å². The monoisotopic (exact) mass is 308 g/mol. The van der Waals surface area contributed by atoms with Crippen molar-refractivity contribution in [1.29, 1.82) is 0 Å². The smallest absolute Gasteiger partial charge is 0.373 e. The van der Waals surface area contributed by atoms with E-state index in [1.807, 2.05) is 6.92 Å². The van der Waals surface area contributed by atoms with Gasteiger partial charge in [-0.3, -0.25) is 9.59 Å². The molecule has 0 fully saturated rings. The fraction of sp³-hybridized carbons (Fsp3) is 0.562. The van der Waals surface area contributed by atoms with Gasteiger partial charge in [0.2, 0.25) is 11.5 Å². The molecule has 0 saturated carbocycles. The maximum Gasteiger partial charge on any atom is 0.373 e. The molecular weight excluding hydrogens is 288 g/mol. The minimum absolute atomic E-state index is 0.0354. The second kappa shape index (κ2) is 6.34. The van der Waals surface area contributed by atoms with E-state index in [0.717, 1.165) is 0 Å². The Balaban J connectivity index is 2.42. The quantitative estimate of drug-likeness (QED) is 0.719. The molecule has 0 aromatic rings. The van der Waals surface area contributed by atoms with Gasteiger partial charge in [-0.1, -0.05) is 13.3 Å². The van der Waals surface area contributed by atoms with Crippen LogP contribution in [0.15, 0.2) is 22.7 Å². The van der Waals surface area contributed by atoms with Crippen molar-refractivity contribution in [3.8, 4) is 0 Å². The van der Waals surface area contributed by atoms with Crippen molar-refractivity contribution in [2.45, 2.75) is 39.7 Å². The largest absolute Gasteiger partial charge is 0.492 e. The Morgan fingerprint density at radius 3 is 2.45 bits per heavy atom. The van der Waals surface area contributed by atoms with Crippen molar-refractivity contribution in [3.63, 3.8) is 0 Å². The number of methoxy groups -OCH3 is 1. The molecule has 0 amide bonds. The van der Waals surface area contributed by atoms with E-state index in [1.165, 1.54) is 7.11 Å². The van der Waals surface area contributed by atoms with E-state index in [2.05, 4.69) is 0 Å². The number of hydrogen-bond acceptors (Lipinski definition) is 6.